The van der Waals surface area contributed by atoms with Gasteiger partial charge in [0.15, 0.2) is 0 Å². The maximum atomic E-state index is 11.7. The molecule has 0 aromatic rings. The number of carbonyl (C=O) groups excluding carboxylic acids is 1. The number of rotatable bonds is 7. The van der Waals surface area contributed by atoms with E-state index < -0.39 is 6.10 Å². The van der Waals surface area contributed by atoms with Gasteiger partial charge in [0.1, 0.15) is 6.10 Å². The monoisotopic (exact) mass is 230 g/mol. The molecule has 0 fully saturated rings. The van der Waals surface area contributed by atoms with Gasteiger partial charge >= 0.3 is 0 Å². The molecule has 3 N–H and O–H groups in total. The maximum Gasteiger partial charge on any atom is 0.250 e. The minimum atomic E-state index is -0.967. The molecular formula is C12H26N2O2. The van der Waals surface area contributed by atoms with Gasteiger partial charge in [-0.3, -0.25) is 4.79 Å². The van der Waals surface area contributed by atoms with E-state index in [0.29, 0.717) is 5.92 Å². The van der Waals surface area contributed by atoms with Gasteiger partial charge in [-0.25, -0.2) is 0 Å². The first-order valence-corrected chi connectivity index (χ1v) is 6.09. The number of aliphatic hydroxyl groups excluding tert-OH is 1. The molecule has 0 bridgehead atoms. The van der Waals surface area contributed by atoms with E-state index in [1.165, 1.54) is 0 Å². The zero-order chi connectivity index (χ0) is 12.7. The highest BCUT2D eigenvalue weighted by Crippen LogP contribution is 2.05. The first-order chi connectivity index (χ1) is 7.43. The topological polar surface area (TPSA) is 61.4 Å². The molecule has 0 heterocycles. The van der Waals surface area contributed by atoms with E-state index in [2.05, 4.69) is 10.6 Å². The Hall–Kier alpha value is -0.610. The minimum Gasteiger partial charge on any atom is -0.382 e. The molecule has 0 spiro atoms. The van der Waals surface area contributed by atoms with Crippen molar-refractivity contribution in [2.75, 3.05) is 7.05 Å². The molecule has 4 nitrogen and oxygen atoms in total. The van der Waals surface area contributed by atoms with Crippen LogP contribution in [0.3, 0.4) is 0 Å². The predicted octanol–water partition coefficient (Wildman–Crippen LogP) is 0.896. The van der Waals surface area contributed by atoms with Crippen molar-refractivity contribution in [3.63, 3.8) is 0 Å². The first-order valence-electron chi connectivity index (χ1n) is 6.09. The lowest BCUT2D eigenvalue weighted by atomic mass is 10.0. The lowest BCUT2D eigenvalue weighted by Crippen LogP contribution is -2.50. The second-order valence-electron chi connectivity index (χ2n) is 4.67. The van der Waals surface area contributed by atoms with E-state index in [4.69, 9.17) is 0 Å². The van der Waals surface area contributed by atoms with Crippen LogP contribution in [-0.2, 0) is 4.79 Å². The van der Waals surface area contributed by atoms with Crippen molar-refractivity contribution in [3.8, 4) is 0 Å². The number of likely N-dealkylation sites (N-methyl/N-ethyl adjacent to an activating group) is 1. The van der Waals surface area contributed by atoms with E-state index in [0.717, 1.165) is 12.8 Å². The molecule has 3 unspecified atom stereocenters. The molecule has 0 aliphatic heterocycles. The molecule has 3 atom stereocenters. The van der Waals surface area contributed by atoms with Crippen LogP contribution in [0, 0.1) is 5.92 Å². The van der Waals surface area contributed by atoms with Crippen LogP contribution in [0.5, 0.6) is 0 Å². The van der Waals surface area contributed by atoms with Gasteiger partial charge in [0.2, 0.25) is 0 Å². The van der Waals surface area contributed by atoms with Crippen molar-refractivity contribution < 1.29 is 9.90 Å². The lowest BCUT2D eigenvalue weighted by Gasteiger charge is -2.24. The fourth-order valence-electron chi connectivity index (χ4n) is 1.43. The third-order valence-electron chi connectivity index (χ3n) is 2.99. The van der Waals surface area contributed by atoms with Gasteiger partial charge in [0.25, 0.3) is 5.91 Å². The Bertz CT molecular complexity index is 207. The van der Waals surface area contributed by atoms with E-state index in [-0.39, 0.29) is 18.0 Å². The number of hydrogen-bond acceptors (Lipinski definition) is 3. The van der Waals surface area contributed by atoms with Gasteiger partial charge < -0.3 is 15.7 Å². The van der Waals surface area contributed by atoms with Crippen LogP contribution in [0.1, 0.15) is 40.5 Å². The van der Waals surface area contributed by atoms with Gasteiger partial charge in [-0.2, -0.15) is 0 Å². The second-order valence-corrected chi connectivity index (χ2v) is 4.67. The number of nitrogens with one attached hydrogen (secondary N) is 2. The standard InChI is InChI=1S/C12H26N2O2/c1-6-7-10(13-5)11(15)12(16)14-9(4)8(2)3/h8-11,13,15H,6-7H2,1-5H3,(H,14,16). The summed E-state index contributed by atoms with van der Waals surface area (Å²) in [5, 5.41) is 15.7. The van der Waals surface area contributed by atoms with Crippen molar-refractivity contribution in [2.24, 2.45) is 5.92 Å². The summed E-state index contributed by atoms with van der Waals surface area (Å²) in [7, 11) is 1.77. The molecule has 0 saturated heterocycles. The van der Waals surface area contributed by atoms with Crippen molar-refractivity contribution in [3.05, 3.63) is 0 Å². The smallest absolute Gasteiger partial charge is 0.250 e. The van der Waals surface area contributed by atoms with Gasteiger partial charge in [-0.05, 0) is 26.3 Å². The van der Waals surface area contributed by atoms with Crippen LogP contribution >= 0.6 is 0 Å². The van der Waals surface area contributed by atoms with Crippen LogP contribution in [0.15, 0.2) is 0 Å². The molecule has 4 heteroatoms. The molecule has 0 rings (SSSR count). The predicted molar refractivity (Wildman–Crippen MR) is 66.2 cm³/mol. The van der Waals surface area contributed by atoms with Crippen molar-refractivity contribution in [2.45, 2.75) is 58.7 Å². The molecule has 0 aliphatic carbocycles. The summed E-state index contributed by atoms with van der Waals surface area (Å²) < 4.78 is 0. The Labute approximate surface area is 98.8 Å². The van der Waals surface area contributed by atoms with Gasteiger partial charge in [0, 0.05) is 12.1 Å². The average Bonchev–Trinajstić information content (AvgIpc) is 2.24. The molecule has 1 amide bonds. The zero-order valence-electron chi connectivity index (χ0n) is 11.1. The first kappa shape index (κ1) is 15.4. The SMILES string of the molecule is CCCC(NC)C(O)C(=O)NC(C)C(C)C. The average molecular weight is 230 g/mol. The van der Waals surface area contributed by atoms with Gasteiger partial charge in [-0.1, -0.05) is 27.2 Å². The van der Waals surface area contributed by atoms with E-state index in [1.54, 1.807) is 7.05 Å². The maximum absolute atomic E-state index is 11.7. The summed E-state index contributed by atoms with van der Waals surface area (Å²) in [6, 6.07) is -0.0781. The number of aliphatic hydroxyl groups is 1. The zero-order valence-corrected chi connectivity index (χ0v) is 11.1. The van der Waals surface area contributed by atoms with Crippen molar-refractivity contribution in [1.29, 1.82) is 0 Å². The fourth-order valence-corrected chi connectivity index (χ4v) is 1.43. The third kappa shape index (κ3) is 4.94. The van der Waals surface area contributed by atoms with Crippen LogP contribution in [0.2, 0.25) is 0 Å². The Morgan fingerprint density at radius 1 is 1.31 bits per heavy atom. The summed E-state index contributed by atoms with van der Waals surface area (Å²) in [6.07, 6.45) is 0.766. The number of hydrogen-bond donors (Lipinski definition) is 3. The quantitative estimate of drug-likeness (QED) is 0.609. The summed E-state index contributed by atoms with van der Waals surface area (Å²) in [5.41, 5.74) is 0. The highest BCUT2D eigenvalue weighted by molar-refractivity contribution is 5.81. The molecule has 0 saturated carbocycles. The van der Waals surface area contributed by atoms with Crippen LogP contribution in [0.4, 0.5) is 0 Å². The lowest BCUT2D eigenvalue weighted by molar-refractivity contribution is -0.131. The Morgan fingerprint density at radius 2 is 1.88 bits per heavy atom. The summed E-state index contributed by atoms with van der Waals surface area (Å²) in [4.78, 5) is 11.7. The number of amides is 1. The van der Waals surface area contributed by atoms with E-state index >= 15 is 0 Å². The second kappa shape index (κ2) is 7.63. The van der Waals surface area contributed by atoms with Crippen molar-refractivity contribution >= 4 is 5.91 Å². The summed E-state index contributed by atoms with van der Waals surface area (Å²) in [5.74, 6) is 0.0874. The number of carbonyl (C=O) groups is 1. The fraction of sp³-hybridized carbons (Fsp3) is 0.917. The molecular weight excluding hydrogens is 204 g/mol. The Kier molecular flexibility index (Phi) is 7.34. The Balaban J connectivity index is 4.25. The largest absolute Gasteiger partial charge is 0.382 e. The molecule has 0 aromatic heterocycles. The molecule has 0 radical (unpaired) electrons. The normalized spacial score (nSPS) is 16.9. The highest BCUT2D eigenvalue weighted by atomic mass is 16.3. The van der Waals surface area contributed by atoms with E-state index in [1.807, 2.05) is 27.7 Å². The molecule has 0 aliphatic rings. The van der Waals surface area contributed by atoms with Crippen LogP contribution in [0.25, 0.3) is 0 Å². The van der Waals surface area contributed by atoms with Gasteiger partial charge in [-0.15, -0.1) is 0 Å². The molecule has 96 valence electrons. The van der Waals surface area contributed by atoms with Crippen LogP contribution < -0.4 is 10.6 Å². The minimum absolute atomic E-state index is 0.0845. The third-order valence-corrected chi connectivity index (χ3v) is 2.99. The Morgan fingerprint density at radius 3 is 2.25 bits per heavy atom. The van der Waals surface area contributed by atoms with Gasteiger partial charge in [0.05, 0.1) is 0 Å². The molecule has 16 heavy (non-hydrogen) atoms. The van der Waals surface area contributed by atoms with Crippen LogP contribution in [-0.4, -0.2) is 36.2 Å². The van der Waals surface area contributed by atoms with E-state index in [9.17, 15) is 9.90 Å². The summed E-state index contributed by atoms with van der Waals surface area (Å²) >= 11 is 0. The van der Waals surface area contributed by atoms with Crippen molar-refractivity contribution in [1.82, 2.24) is 10.6 Å². The molecule has 0 aromatic carbocycles. The summed E-state index contributed by atoms with van der Waals surface area (Å²) in [6.45, 7) is 8.06. The highest BCUT2D eigenvalue weighted by Gasteiger charge is 2.25.